The summed E-state index contributed by atoms with van der Waals surface area (Å²) in [6.07, 6.45) is 2.02. The van der Waals surface area contributed by atoms with Crippen LogP contribution in [0, 0.1) is 5.92 Å². The maximum Gasteiger partial charge on any atom is 0.326 e. The maximum atomic E-state index is 13.0. The van der Waals surface area contributed by atoms with Gasteiger partial charge in [0, 0.05) is 18.3 Å². The molecule has 0 saturated carbocycles. The van der Waals surface area contributed by atoms with Crippen LogP contribution in [0.1, 0.15) is 31.5 Å². The van der Waals surface area contributed by atoms with Gasteiger partial charge in [0.2, 0.25) is 17.7 Å². The molecule has 0 aliphatic heterocycles. The molecule has 0 saturated heterocycles. The average molecular weight is 517 g/mol. The Bertz CT molecular complexity index is 1070. The number of hydrogen-bond donors (Lipinski definition) is 7. The van der Waals surface area contributed by atoms with Crippen molar-refractivity contribution in [2.45, 2.75) is 57.3 Å². The van der Waals surface area contributed by atoms with Gasteiger partial charge in [-0.25, -0.2) is 9.78 Å². The number of carbonyl (C=O) groups excluding carboxylic acids is 3. The van der Waals surface area contributed by atoms with E-state index in [1.165, 1.54) is 12.5 Å². The molecule has 200 valence electrons. The third kappa shape index (κ3) is 9.37. The lowest BCUT2D eigenvalue weighted by Gasteiger charge is -2.26. The fourth-order valence-corrected chi connectivity index (χ4v) is 3.49. The molecule has 0 spiro atoms. The van der Waals surface area contributed by atoms with Crippen LogP contribution in [0.4, 0.5) is 0 Å². The Morgan fingerprint density at radius 3 is 2.11 bits per heavy atom. The summed E-state index contributed by atoms with van der Waals surface area (Å²) >= 11 is 0. The minimum atomic E-state index is -1.59. The molecule has 4 unspecified atom stereocenters. The van der Waals surface area contributed by atoms with Crippen LogP contribution in [0.5, 0.6) is 0 Å². The number of hydrogen-bond acceptors (Lipinski definition) is 7. The lowest BCUT2D eigenvalue weighted by Crippen LogP contribution is -2.59. The van der Waals surface area contributed by atoms with Gasteiger partial charge in [-0.1, -0.05) is 44.2 Å². The first-order valence-corrected chi connectivity index (χ1v) is 11.6. The number of carboxylic acids is 2. The zero-order chi connectivity index (χ0) is 27.5. The molecular weight excluding hydrogens is 484 g/mol. The van der Waals surface area contributed by atoms with Crippen molar-refractivity contribution in [3.63, 3.8) is 0 Å². The van der Waals surface area contributed by atoms with Gasteiger partial charge in [0.1, 0.15) is 18.1 Å². The van der Waals surface area contributed by atoms with Gasteiger partial charge in [-0.3, -0.25) is 19.2 Å². The second-order valence-corrected chi connectivity index (χ2v) is 8.87. The first kappa shape index (κ1) is 29.0. The molecule has 13 heteroatoms. The van der Waals surface area contributed by atoms with E-state index in [9.17, 15) is 34.2 Å². The third-order valence-corrected chi connectivity index (χ3v) is 5.49. The Morgan fingerprint density at radius 2 is 1.57 bits per heavy atom. The Morgan fingerprint density at radius 1 is 0.919 bits per heavy atom. The number of aliphatic carboxylic acids is 2. The highest BCUT2D eigenvalue weighted by atomic mass is 16.4. The van der Waals surface area contributed by atoms with E-state index in [1.54, 1.807) is 13.8 Å². The summed E-state index contributed by atoms with van der Waals surface area (Å²) in [6, 6.07) is 3.99. The molecule has 1 heterocycles. The second-order valence-electron chi connectivity index (χ2n) is 8.87. The van der Waals surface area contributed by atoms with Crippen molar-refractivity contribution in [2.75, 3.05) is 0 Å². The number of carbonyl (C=O) groups is 5. The number of benzene rings is 1. The van der Waals surface area contributed by atoms with Crippen LogP contribution in [-0.4, -0.2) is 74.0 Å². The molecule has 1 aromatic heterocycles. The molecule has 0 aliphatic carbocycles. The van der Waals surface area contributed by atoms with E-state index >= 15 is 0 Å². The molecule has 2 rings (SSSR count). The highest BCUT2D eigenvalue weighted by molar-refractivity contribution is 5.95. The zero-order valence-corrected chi connectivity index (χ0v) is 20.5. The number of nitrogens with zero attached hydrogens (tertiary/aromatic N) is 1. The van der Waals surface area contributed by atoms with Crippen LogP contribution in [0.3, 0.4) is 0 Å². The van der Waals surface area contributed by atoms with Gasteiger partial charge in [0.05, 0.1) is 18.8 Å². The van der Waals surface area contributed by atoms with E-state index in [0.29, 0.717) is 5.69 Å². The van der Waals surface area contributed by atoms with E-state index in [2.05, 4.69) is 25.9 Å². The summed E-state index contributed by atoms with van der Waals surface area (Å²) in [5.41, 5.74) is 7.27. The molecule has 0 aliphatic rings. The predicted molar refractivity (Wildman–Crippen MR) is 131 cm³/mol. The van der Waals surface area contributed by atoms with Crippen molar-refractivity contribution in [2.24, 2.45) is 11.7 Å². The number of aromatic amines is 1. The highest BCUT2D eigenvalue weighted by Crippen LogP contribution is 2.07. The Kier molecular flexibility index (Phi) is 10.8. The monoisotopic (exact) mass is 516 g/mol. The molecule has 4 atom stereocenters. The third-order valence-electron chi connectivity index (χ3n) is 5.49. The van der Waals surface area contributed by atoms with Gasteiger partial charge in [-0.15, -0.1) is 0 Å². The summed E-state index contributed by atoms with van der Waals surface area (Å²) in [6.45, 7) is 3.31. The first-order valence-electron chi connectivity index (χ1n) is 11.6. The molecule has 37 heavy (non-hydrogen) atoms. The second kappa shape index (κ2) is 13.7. The lowest BCUT2D eigenvalue weighted by atomic mass is 10.0. The lowest BCUT2D eigenvalue weighted by molar-refractivity contribution is -0.143. The number of H-pyrrole nitrogens is 1. The molecule has 3 amide bonds. The largest absolute Gasteiger partial charge is 0.481 e. The van der Waals surface area contributed by atoms with Crippen LogP contribution < -0.4 is 21.7 Å². The van der Waals surface area contributed by atoms with E-state index in [1.807, 2.05) is 30.3 Å². The summed E-state index contributed by atoms with van der Waals surface area (Å²) < 4.78 is 0. The van der Waals surface area contributed by atoms with Gasteiger partial charge in [-0.05, 0) is 17.9 Å². The zero-order valence-electron chi connectivity index (χ0n) is 20.5. The summed E-state index contributed by atoms with van der Waals surface area (Å²) in [7, 11) is 0. The SMILES string of the molecule is CC(C)C(NC(=O)C(N)Cc1ccccc1)C(=O)NC(CC(=O)O)C(=O)NC(Cc1cnc[nH]1)C(=O)O. The smallest absolute Gasteiger partial charge is 0.326 e. The van der Waals surface area contributed by atoms with Crippen LogP contribution in [0.2, 0.25) is 0 Å². The normalized spacial score (nSPS) is 14.2. The van der Waals surface area contributed by atoms with Crippen molar-refractivity contribution in [1.29, 1.82) is 0 Å². The molecule has 13 nitrogen and oxygen atoms in total. The van der Waals surface area contributed by atoms with Gasteiger partial charge >= 0.3 is 11.9 Å². The van der Waals surface area contributed by atoms with Crippen molar-refractivity contribution >= 4 is 29.7 Å². The fourth-order valence-electron chi connectivity index (χ4n) is 3.49. The maximum absolute atomic E-state index is 13.0. The quantitative estimate of drug-likeness (QED) is 0.167. The van der Waals surface area contributed by atoms with E-state index in [-0.39, 0.29) is 12.8 Å². The minimum Gasteiger partial charge on any atom is -0.481 e. The minimum absolute atomic E-state index is 0.140. The fraction of sp³-hybridized carbons (Fsp3) is 0.417. The number of nitrogens with two attached hydrogens (primary N) is 1. The van der Waals surface area contributed by atoms with Crippen LogP contribution in [0.15, 0.2) is 42.9 Å². The topological polar surface area (TPSA) is 217 Å². The van der Waals surface area contributed by atoms with E-state index < -0.39 is 66.2 Å². The first-order chi connectivity index (χ1) is 17.5. The van der Waals surface area contributed by atoms with Crippen LogP contribution >= 0.6 is 0 Å². The van der Waals surface area contributed by atoms with Crippen molar-refractivity contribution in [1.82, 2.24) is 25.9 Å². The molecule has 1 aromatic carbocycles. The Balaban J connectivity index is 2.09. The number of nitrogens with one attached hydrogen (secondary N) is 4. The molecular formula is C24H32N6O7. The van der Waals surface area contributed by atoms with Crippen molar-refractivity contribution < 1.29 is 34.2 Å². The van der Waals surface area contributed by atoms with Gasteiger partial charge < -0.3 is 36.9 Å². The number of amides is 3. The molecule has 8 N–H and O–H groups in total. The molecule has 0 fully saturated rings. The van der Waals surface area contributed by atoms with E-state index in [4.69, 9.17) is 5.73 Å². The van der Waals surface area contributed by atoms with Crippen LogP contribution in [-0.2, 0) is 36.8 Å². The number of carboxylic acid groups (broad SMARTS) is 2. The molecule has 0 radical (unpaired) electrons. The summed E-state index contributed by atoms with van der Waals surface area (Å²) in [5.74, 6) is -5.59. The Labute approximate surface area is 213 Å². The molecule has 0 bridgehead atoms. The number of rotatable bonds is 14. The predicted octanol–water partition coefficient (Wildman–Crippen LogP) is -0.808. The van der Waals surface area contributed by atoms with Gasteiger partial charge in [0.15, 0.2) is 0 Å². The summed E-state index contributed by atoms with van der Waals surface area (Å²) in [5, 5.41) is 25.9. The van der Waals surface area contributed by atoms with Gasteiger partial charge in [0.25, 0.3) is 0 Å². The van der Waals surface area contributed by atoms with Crippen molar-refractivity contribution in [3.8, 4) is 0 Å². The Hall–Kier alpha value is -4.26. The number of aromatic nitrogens is 2. The summed E-state index contributed by atoms with van der Waals surface area (Å²) in [4.78, 5) is 68.0. The molecule has 2 aromatic rings. The number of imidazole rings is 1. The van der Waals surface area contributed by atoms with E-state index in [0.717, 1.165) is 5.56 Å². The standard InChI is InChI=1S/C24H32N6O7/c1-13(2)20(30-21(33)16(25)8-14-6-4-3-5-7-14)23(35)28-17(10-19(31)32)22(34)29-18(24(36)37)9-15-11-26-12-27-15/h3-7,11-13,16-18,20H,8-10,25H2,1-2H3,(H,26,27)(H,28,35)(H,29,34)(H,30,33)(H,31,32)(H,36,37). The van der Waals surface area contributed by atoms with Crippen molar-refractivity contribution in [3.05, 3.63) is 54.1 Å². The van der Waals surface area contributed by atoms with Crippen LogP contribution in [0.25, 0.3) is 0 Å². The highest BCUT2D eigenvalue weighted by Gasteiger charge is 2.33. The average Bonchev–Trinajstić information content (AvgIpc) is 3.34. The van der Waals surface area contributed by atoms with Gasteiger partial charge in [-0.2, -0.15) is 0 Å².